The van der Waals surface area contributed by atoms with Crippen LogP contribution in [0, 0.1) is 6.92 Å². The molecule has 0 radical (unpaired) electrons. The molecule has 0 heterocycles. The number of halogens is 1. The Hall–Kier alpha value is -1.86. The van der Waals surface area contributed by atoms with Crippen LogP contribution in [-0.2, 0) is 14.8 Å². The lowest BCUT2D eigenvalue weighted by Crippen LogP contribution is -2.38. The van der Waals surface area contributed by atoms with E-state index in [1.54, 1.807) is 43.3 Å². The van der Waals surface area contributed by atoms with E-state index >= 15 is 0 Å². The number of aryl methyl sites for hydroxylation is 1. The van der Waals surface area contributed by atoms with Crippen molar-refractivity contribution in [1.82, 2.24) is 0 Å². The van der Waals surface area contributed by atoms with E-state index in [1.165, 1.54) is 12.1 Å². The minimum absolute atomic E-state index is 0.0974. The Balaban J connectivity index is 2.56. The van der Waals surface area contributed by atoms with E-state index in [-0.39, 0.29) is 4.90 Å². The second-order valence-electron chi connectivity index (χ2n) is 4.72. The van der Waals surface area contributed by atoms with Gasteiger partial charge in [0.15, 0.2) is 0 Å². The summed E-state index contributed by atoms with van der Waals surface area (Å²) in [5.41, 5.74) is 6.40. The van der Waals surface area contributed by atoms with E-state index < -0.39 is 22.5 Å². The Kier molecular flexibility index (Phi) is 4.87. The number of nitrogens with two attached hydrogens (primary N) is 1. The first-order chi connectivity index (χ1) is 10.3. The quantitative estimate of drug-likeness (QED) is 0.861. The van der Waals surface area contributed by atoms with E-state index in [1.807, 2.05) is 0 Å². The Labute approximate surface area is 137 Å². The van der Waals surface area contributed by atoms with Crippen LogP contribution in [0.2, 0.25) is 0 Å². The summed E-state index contributed by atoms with van der Waals surface area (Å²) < 4.78 is 27.5. The maximum atomic E-state index is 12.8. The average Bonchev–Trinajstić information content (AvgIpc) is 2.46. The van der Waals surface area contributed by atoms with Crippen LogP contribution in [0.5, 0.6) is 0 Å². The molecule has 0 saturated heterocycles. The summed E-state index contributed by atoms with van der Waals surface area (Å²) in [6, 6.07) is 13.2. The lowest BCUT2D eigenvalue weighted by atomic mass is 10.2. The van der Waals surface area contributed by atoms with Crippen LogP contribution >= 0.6 is 15.9 Å². The number of para-hydroxylation sites is 1. The lowest BCUT2D eigenvalue weighted by Gasteiger charge is -2.24. The third-order valence-corrected chi connectivity index (χ3v) is 5.39. The zero-order valence-corrected chi connectivity index (χ0v) is 14.3. The molecular weight excluding hydrogens is 368 g/mol. The van der Waals surface area contributed by atoms with Crippen molar-refractivity contribution < 1.29 is 13.2 Å². The number of amides is 1. The predicted octanol–water partition coefficient (Wildman–Crippen LogP) is 2.44. The molecule has 2 rings (SSSR count). The normalized spacial score (nSPS) is 11.2. The van der Waals surface area contributed by atoms with Crippen LogP contribution in [0.1, 0.15) is 5.56 Å². The third-order valence-electron chi connectivity index (χ3n) is 3.09. The number of anilines is 1. The minimum atomic E-state index is -3.88. The standard InChI is InChI=1S/C15H15BrN2O3S/c1-11-4-2-3-5-14(11)18(10-15(17)19)22(20,21)13-8-6-12(16)7-9-13/h2-9H,10H2,1H3,(H2,17,19). The van der Waals surface area contributed by atoms with E-state index in [0.717, 1.165) is 14.3 Å². The molecule has 0 aliphatic carbocycles. The number of sulfonamides is 1. The molecule has 0 aliphatic heterocycles. The molecule has 2 aromatic carbocycles. The minimum Gasteiger partial charge on any atom is -0.368 e. The molecule has 5 nitrogen and oxygen atoms in total. The molecule has 0 aliphatic rings. The van der Waals surface area contributed by atoms with Crippen molar-refractivity contribution in [2.75, 3.05) is 10.8 Å². The molecule has 2 N–H and O–H groups in total. The van der Waals surface area contributed by atoms with Crippen LogP contribution in [0.25, 0.3) is 0 Å². The molecule has 0 atom stereocenters. The van der Waals surface area contributed by atoms with Crippen molar-refractivity contribution in [2.24, 2.45) is 5.73 Å². The van der Waals surface area contributed by atoms with Gasteiger partial charge in [-0.05, 0) is 42.8 Å². The van der Waals surface area contributed by atoms with E-state index in [4.69, 9.17) is 5.73 Å². The summed E-state index contributed by atoms with van der Waals surface area (Å²) in [6.07, 6.45) is 0. The Morgan fingerprint density at radius 1 is 1.14 bits per heavy atom. The van der Waals surface area contributed by atoms with Gasteiger partial charge in [0.05, 0.1) is 10.6 Å². The Morgan fingerprint density at radius 2 is 1.73 bits per heavy atom. The highest BCUT2D eigenvalue weighted by Crippen LogP contribution is 2.27. The molecule has 7 heteroatoms. The molecule has 0 bridgehead atoms. The number of benzene rings is 2. The van der Waals surface area contributed by atoms with Gasteiger partial charge in [0.2, 0.25) is 5.91 Å². The number of nitrogens with zero attached hydrogens (tertiary/aromatic N) is 1. The van der Waals surface area contributed by atoms with Gasteiger partial charge < -0.3 is 5.73 Å². The molecule has 22 heavy (non-hydrogen) atoms. The fraction of sp³-hybridized carbons (Fsp3) is 0.133. The molecule has 0 saturated carbocycles. The summed E-state index contributed by atoms with van der Waals surface area (Å²) >= 11 is 3.26. The molecule has 1 amide bonds. The summed E-state index contributed by atoms with van der Waals surface area (Å²) in [5, 5.41) is 0. The van der Waals surface area contributed by atoms with Gasteiger partial charge >= 0.3 is 0 Å². The topological polar surface area (TPSA) is 80.5 Å². The van der Waals surface area contributed by atoms with Crippen LogP contribution in [0.3, 0.4) is 0 Å². The van der Waals surface area contributed by atoms with Gasteiger partial charge in [0, 0.05) is 4.47 Å². The largest absolute Gasteiger partial charge is 0.368 e. The molecule has 0 aromatic heterocycles. The SMILES string of the molecule is Cc1ccccc1N(CC(N)=O)S(=O)(=O)c1ccc(Br)cc1. The highest BCUT2D eigenvalue weighted by molar-refractivity contribution is 9.10. The summed E-state index contributed by atoms with van der Waals surface area (Å²) in [5.74, 6) is -0.719. The second kappa shape index (κ2) is 6.50. The van der Waals surface area contributed by atoms with Gasteiger partial charge in [-0.25, -0.2) is 8.42 Å². The maximum Gasteiger partial charge on any atom is 0.264 e. The van der Waals surface area contributed by atoms with Crippen molar-refractivity contribution in [2.45, 2.75) is 11.8 Å². The second-order valence-corrected chi connectivity index (χ2v) is 7.50. The number of carbonyl (C=O) groups is 1. The number of rotatable bonds is 5. The Bertz CT molecular complexity index is 789. The number of hydrogen-bond acceptors (Lipinski definition) is 3. The molecule has 2 aromatic rings. The van der Waals surface area contributed by atoms with Crippen molar-refractivity contribution in [1.29, 1.82) is 0 Å². The van der Waals surface area contributed by atoms with Gasteiger partial charge in [-0.15, -0.1) is 0 Å². The summed E-state index contributed by atoms with van der Waals surface area (Å²) in [6.45, 7) is 1.36. The highest BCUT2D eigenvalue weighted by atomic mass is 79.9. The summed E-state index contributed by atoms with van der Waals surface area (Å²) in [4.78, 5) is 11.4. The van der Waals surface area contributed by atoms with Gasteiger partial charge in [0.25, 0.3) is 10.0 Å². The number of carbonyl (C=O) groups excluding carboxylic acids is 1. The zero-order valence-electron chi connectivity index (χ0n) is 11.9. The number of hydrogen-bond donors (Lipinski definition) is 1. The molecule has 116 valence electrons. The lowest BCUT2D eigenvalue weighted by molar-refractivity contribution is -0.116. The smallest absolute Gasteiger partial charge is 0.264 e. The highest BCUT2D eigenvalue weighted by Gasteiger charge is 2.27. The summed E-state index contributed by atoms with van der Waals surface area (Å²) in [7, 11) is -3.88. The zero-order chi connectivity index (χ0) is 16.3. The molecule has 0 fully saturated rings. The van der Waals surface area contributed by atoms with Crippen LogP contribution < -0.4 is 10.0 Å². The van der Waals surface area contributed by atoms with Gasteiger partial charge in [-0.2, -0.15) is 0 Å². The van der Waals surface area contributed by atoms with Gasteiger partial charge in [-0.1, -0.05) is 34.1 Å². The first-order valence-electron chi connectivity index (χ1n) is 6.44. The van der Waals surface area contributed by atoms with Crippen LogP contribution in [0.15, 0.2) is 57.9 Å². The average molecular weight is 383 g/mol. The fourth-order valence-corrected chi connectivity index (χ4v) is 3.78. The van der Waals surface area contributed by atoms with E-state index in [9.17, 15) is 13.2 Å². The third kappa shape index (κ3) is 3.48. The van der Waals surface area contributed by atoms with Gasteiger partial charge in [0.1, 0.15) is 6.54 Å². The Morgan fingerprint density at radius 3 is 2.27 bits per heavy atom. The van der Waals surface area contributed by atoms with Crippen LogP contribution in [-0.4, -0.2) is 20.9 Å². The monoisotopic (exact) mass is 382 g/mol. The maximum absolute atomic E-state index is 12.8. The first kappa shape index (κ1) is 16.5. The fourth-order valence-electron chi connectivity index (χ4n) is 2.02. The van der Waals surface area contributed by atoms with Crippen LogP contribution in [0.4, 0.5) is 5.69 Å². The molecular formula is C15H15BrN2O3S. The van der Waals surface area contributed by atoms with E-state index in [2.05, 4.69) is 15.9 Å². The molecule has 0 unspecified atom stereocenters. The first-order valence-corrected chi connectivity index (χ1v) is 8.68. The van der Waals surface area contributed by atoms with Crippen molar-refractivity contribution >= 4 is 37.5 Å². The number of primary amides is 1. The van der Waals surface area contributed by atoms with E-state index in [0.29, 0.717) is 5.69 Å². The van der Waals surface area contributed by atoms with Crippen molar-refractivity contribution in [3.05, 3.63) is 58.6 Å². The van der Waals surface area contributed by atoms with Gasteiger partial charge in [-0.3, -0.25) is 9.10 Å². The van der Waals surface area contributed by atoms with Crippen molar-refractivity contribution in [3.8, 4) is 0 Å². The molecule has 0 spiro atoms. The predicted molar refractivity (Wildman–Crippen MR) is 89.0 cm³/mol. The van der Waals surface area contributed by atoms with Crippen molar-refractivity contribution in [3.63, 3.8) is 0 Å².